The van der Waals surface area contributed by atoms with E-state index in [4.69, 9.17) is 5.11 Å². The first kappa shape index (κ1) is 17.5. The maximum Gasteiger partial charge on any atom is 0.405 e. The summed E-state index contributed by atoms with van der Waals surface area (Å²) in [6.07, 6.45) is 1.66. The zero-order valence-corrected chi connectivity index (χ0v) is 14.9. The first-order valence-corrected chi connectivity index (χ1v) is 8.73. The van der Waals surface area contributed by atoms with Crippen LogP contribution in [0, 0.1) is 11.2 Å². The van der Waals surface area contributed by atoms with Crippen molar-refractivity contribution in [3.05, 3.63) is 58.9 Å². The molecular formula is C21H24FNO2. The number of halogens is 1. The Labute approximate surface area is 147 Å². The summed E-state index contributed by atoms with van der Waals surface area (Å²) in [5, 5.41) is 11.7. The molecule has 1 aliphatic rings. The second kappa shape index (κ2) is 6.51. The van der Waals surface area contributed by atoms with Crippen LogP contribution in [-0.2, 0) is 12.8 Å². The summed E-state index contributed by atoms with van der Waals surface area (Å²) in [5.74, 6) is -0.303. The Morgan fingerprint density at radius 1 is 1.32 bits per heavy atom. The first-order valence-electron chi connectivity index (χ1n) is 8.73. The van der Waals surface area contributed by atoms with Gasteiger partial charge in [-0.3, -0.25) is 0 Å². The van der Waals surface area contributed by atoms with Gasteiger partial charge >= 0.3 is 6.09 Å². The Balaban J connectivity index is 2.04. The number of aryl methyl sites for hydroxylation is 1. The second-order valence-electron chi connectivity index (χ2n) is 7.53. The molecule has 3 nitrogen and oxygen atoms in total. The summed E-state index contributed by atoms with van der Waals surface area (Å²) in [6.45, 7) is 6.14. The van der Waals surface area contributed by atoms with Gasteiger partial charge in [0.25, 0.3) is 0 Å². The number of hydrogen-bond donors (Lipinski definition) is 2. The molecule has 132 valence electrons. The Hall–Kier alpha value is -2.36. The summed E-state index contributed by atoms with van der Waals surface area (Å²) in [5.41, 5.74) is 4.14. The molecule has 2 aromatic carbocycles. The largest absolute Gasteiger partial charge is 0.465 e. The van der Waals surface area contributed by atoms with Crippen LogP contribution in [0.25, 0.3) is 11.1 Å². The monoisotopic (exact) mass is 341 g/mol. The van der Waals surface area contributed by atoms with Gasteiger partial charge in [-0.1, -0.05) is 51.5 Å². The number of hydrogen-bond acceptors (Lipinski definition) is 1. The van der Waals surface area contributed by atoms with E-state index >= 15 is 0 Å². The molecule has 0 radical (unpaired) electrons. The fourth-order valence-electron chi connectivity index (χ4n) is 3.87. The molecule has 0 bridgehead atoms. The molecule has 1 atom stereocenters. The number of benzene rings is 2. The number of fused-ring (bicyclic) bond motifs is 1. The number of nitrogens with one attached hydrogen (secondary N) is 1. The van der Waals surface area contributed by atoms with E-state index in [1.807, 2.05) is 38.1 Å². The van der Waals surface area contributed by atoms with Gasteiger partial charge in [-0.05, 0) is 52.6 Å². The summed E-state index contributed by atoms with van der Waals surface area (Å²) < 4.78 is 14.8. The minimum Gasteiger partial charge on any atom is -0.465 e. The number of carbonyl (C=O) groups is 1. The molecule has 0 saturated heterocycles. The Morgan fingerprint density at radius 3 is 2.76 bits per heavy atom. The van der Waals surface area contributed by atoms with E-state index in [0.717, 1.165) is 36.0 Å². The molecule has 3 rings (SSSR count). The highest BCUT2D eigenvalue weighted by Gasteiger charge is 2.40. The molecule has 4 heteroatoms. The minimum absolute atomic E-state index is 0.282. The van der Waals surface area contributed by atoms with Gasteiger partial charge in [0.15, 0.2) is 0 Å². The van der Waals surface area contributed by atoms with Crippen molar-refractivity contribution in [2.45, 2.75) is 46.1 Å². The lowest BCUT2D eigenvalue weighted by molar-refractivity contribution is 0.175. The molecule has 2 aromatic rings. The Kier molecular flexibility index (Phi) is 4.55. The first-order chi connectivity index (χ1) is 11.8. The van der Waals surface area contributed by atoms with Gasteiger partial charge < -0.3 is 10.4 Å². The van der Waals surface area contributed by atoms with Crippen molar-refractivity contribution in [2.75, 3.05) is 0 Å². The lowest BCUT2D eigenvalue weighted by atomic mass is 9.85. The molecule has 0 spiro atoms. The van der Waals surface area contributed by atoms with Gasteiger partial charge in [0.05, 0.1) is 6.04 Å². The average Bonchev–Trinajstić information content (AvgIpc) is 2.77. The molecule has 25 heavy (non-hydrogen) atoms. The SMILES string of the molecule is CCCc1cccc(-c2cc3c(cc2F)[C@H](NC(=O)O)C(C)(C)C3)c1. The lowest BCUT2D eigenvalue weighted by Crippen LogP contribution is -2.34. The van der Waals surface area contributed by atoms with E-state index in [-0.39, 0.29) is 11.2 Å². The minimum atomic E-state index is -1.08. The van der Waals surface area contributed by atoms with Crippen molar-refractivity contribution < 1.29 is 14.3 Å². The Bertz CT molecular complexity index is 814. The van der Waals surface area contributed by atoms with Gasteiger partial charge in [-0.15, -0.1) is 0 Å². The van der Waals surface area contributed by atoms with Crippen molar-refractivity contribution in [3.63, 3.8) is 0 Å². The predicted octanol–water partition coefficient (Wildman–Crippen LogP) is 5.34. The molecule has 0 unspecified atom stereocenters. The van der Waals surface area contributed by atoms with E-state index < -0.39 is 12.1 Å². The normalized spacial score (nSPS) is 18.0. The maximum absolute atomic E-state index is 14.8. The standard InChI is InChI=1S/C21H24FNO2/c1-4-6-13-7-5-8-14(9-13)16-10-15-12-21(2,3)19(23-20(24)25)17(15)11-18(16)22/h5,7-11,19,23H,4,6,12H2,1-3H3,(H,24,25)/t19-/m0/s1. The van der Waals surface area contributed by atoms with Crippen LogP contribution in [0.5, 0.6) is 0 Å². The molecule has 0 aliphatic heterocycles. The molecule has 0 saturated carbocycles. The van der Waals surface area contributed by atoms with E-state index in [1.165, 1.54) is 11.6 Å². The fraction of sp³-hybridized carbons (Fsp3) is 0.381. The zero-order chi connectivity index (χ0) is 18.2. The summed E-state index contributed by atoms with van der Waals surface area (Å²) >= 11 is 0. The van der Waals surface area contributed by atoms with E-state index in [1.54, 1.807) is 0 Å². The van der Waals surface area contributed by atoms with Gasteiger partial charge in [-0.25, -0.2) is 9.18 Å². The second-order valence-corrected chi connectivity index (χ2v) is 7.53. The van der Waals surface area contributed by atoms with Crippen LogP contribution in [0.1, 0.15) is 49.9 Å². The van der Waals surface area contributed by atoms with Gasteiger partial charge in [0, 0.05) is 5.56 Å². The molecule has 0 fully saturated rings. The van der Waals surface area contributed by atoms with E-state index in [9.17, 15) is 9.18 Å². The van der Waals surface area contributed by atoms with E-state index in [0.29, 0.717) is 5.56 Å². The number of rotatable bonds is 4. The van der Waals surface area contributed by atoms with Crippen LogP contribution >= 0.6 is 0 Å². The van der Waals surface area contributed by atoms with Crippen molar-refractivity contribution in [2.24, 2.45) is 5.41 Å². The highest BCUT2D eigenvalue weighted by Crippen LogP contribution is 2.46. The predicted molar refractivity (Wildman–Crippen MR) is 97.2 cm³/mol. The van der Waals surface area contributed by atoms with Crippen LogP contribution in [0.2, 0.25) is 0 Å². The van der Waals surface area contributed by atoms with Crippen molar-refractivity contribution in [1.82, 2.24) is 5.32 Å². The fourth-order valence-corrected chi connectivity index (χ4v) is 3.87. The van der Waals surface area contributed by atoms with Gasteiger partial charge in [0.2, 0.25) is 0 Å². The molecule has 0 aromatic heterocycles. The molecule has 1 amide bonds. The van der Waals surface area contributed by atoms with Crippen LogP contribution in [0.4, 0.5) is 9.18 Å². The highest BCUT2D eigenvalue weighted by atomic mass is 19.1. The smallest absolute Gasteiger partial charge is 0.405 e. The molecule has 0 heterocycles. The van der Waals surface area contributed by atoms with Gasteiger partial charge in [-0.2, -0.15) is 0 Å². The third kappa shape index (κ3) is 3.39. The molecular weight excluding hydrogens is 317 g/mol. The maximum atomic E-state index is 14.8. The summed E-state index contributed by atoms with van der Waals surface area (Å²) in [6, 6.07) is 11.0. The van der Waals surface area contributed by atoms with Crippen molar-refractivity contribution in [1.29, 1.82) is 0 Å². The van der Waals surface area contributed by atoms with E-state index in [2.05, 4.69) is 18.3 Å². The lowest BCUT2D eigenvalue weighted by Gasteiger charge is -2.27. The van der Waals surface area contributed by atoms with Crippen LogP contribution in [0.15, 0.2) is 36.4 Å². The number of amides is 1. The molecule has 2 N–H and O–H groups in total. The third-order valence-electron chi connectivity index (χ3n) is 5.01. The molecule has 1 aliphatic carbocycles. The van der Waals surface area contributed by atoms with Crippen LogP contribution in [0.3, 0.4) is 0 Å². The van der Waals surface area contributed by atoms with Crippen LogP contribution < -0.4 is 5.32 Å². The highest BCUT2D eigenvalue weighted by molar-refractivity contribution is 5.69. The number of carboxylic acid groups (broad SMARTS) is 1. The van der Waals surface area contributed by atoms with Crippen LogP contribution in [-0.4, -0.2) is 11.2 Å². The average molecular weight is 341 g/mol. The topological polar surface area (TPSA) is 49.3 Å². The summed E-state index contributed by atoms with van der Waals surface area (Å²) in [4.78, 5) is 11.1. The van der Waals surface area contributed by atoms with Crippen molar-refractivity contribution in [3.8, 4) is 11.1 Å². The Morgan fingerprint density at radius 2 is 2.08 bits per heavy atom. The summed E-state index contributed by atoms with van der Waals surface area (Å²) in [7, 11) is 0. The van der Waals surface area contributed by atoms with Crippen molar-refractivity contribution >= 4 is 6.09 Å². The quantitative estimate of drug-likeness (QED) is 0.789. The third-order valence-corrected chi connectivity index (χ3v) is 5.01. The zero-order valence-electron chi connectivity index (χ0n) is 14.9. The van der Waals surface area contributed by atoms with Gasteiger partial charge in [0.1, 0.15) is 5.82 Å².